The van der Waals surface area contributed by atoms with E-state index in [0.717, 1.165) is 47.5 Å². The molecule has 1 heterocycles. The van der Waals surface area contributed by atoms with Crippen LogP contribution in [0.1, 0.15) is 56.7 Å². The minimum atomic E-state index is 0.488. The fraction of sp³-hybridized carbons (Fsp3) is 0.550. The van der Waals surface area contributed by atoms with Crippen molar-refractivity contribution in [1.82, 2.24) is 9.78 Å². The van der Waals surface area contributed by atoms with Crippen LogP contribution in [-0.4, -0.2) is 9.78 Å². The number of aryl methyl sites for hydroxylation is 1. The van der Waals surface area contributed by atoms with Gasteiger partial charge in [0.2, 0.25) is 5.88 Å². The van der Waals surface area contributed by atoms with Gasteiger partial charge in [-0.25, -0.2) is 4.68 Å². The quantitative estimate of drug-likeness (QED) is 0.647. The van der Waals surface area contributed by atoms with Crippen LogP contribution in [0.5, 0.6) is 5.88 Å². The second-order valence-corrected chi connectivity index (χ2v) is 7.20. The molecular weight excluding hydrogens is 320 g/mol. The number of halogens is 1. The Hall–Kier alpha value is -1.48. The van der Waals surface area contributed by atoms with Gasteiger partial charge in [0.25, 0.3) is 0 Å². The molecule has 1 aliphatic carbocycles. The first-order valence-electron chi connectivity index (χ1n) is 9.19. The van der Waals surface area contributed by atoms with Crippen LogP contribution < -0.4 is 4.74 Å². The maximum Gasteiger partial charge on any atom is 0.212 e. The topological polar surface area (TPSA) is 27.1 Å². The molecule has 0 radical (unpaired) electrons. The van der Waals surface area contributed by atoms with E-state index >= 15 is 0 Å². The highest BCUT2D eigenvalue weighted by Gasteiger charge is 2.17. The van der Waals surface area contributed by atoms with Crippen molar-refractivity contribution in [2.75, 3.05) is 0 Å². The highest BCUT2D eigenvalue weighted by Crippen LogP contribution is 2.27. The molecule has 1 aromatic carbocycles. The van der Waals surface area contributed by atoms with Gasteiger partial charge in [0, 0.05) is 23.2 Å². The predicted octanol–water partition coefficient (Wildman–Crippen LogP) is 5.65. The van der Waals surface area contributed by atoms with Crippen LogP contribution in [0.15, 0.2) is 30.3 Å². The summed E-state index contributed by atoms with van der Waals surface area (Å²) in [5, 5.41) is 5.54. The molecule has 2 aromatic rings. The third kappa shape index (κ3) is 4.54. The number of hydrogen-bond acceptors (Lipinski definition) is 2. The number of benzene rings is 1. The first-order chi connectivity index (χ1) is 11.8. The minimum absolute atomic E-state index is 0.488. The van der Waals surface area contributed by atoms with Gasteiger partial charge in [-0.2, -0.15) is 5.10 Å². The number of aromatic nitrogens is 2. The lowest BCUT2D eigenvalue weighted by atomic mass is 9.89. The number of nitrogens with zero attached hydrogens (tertiary/aromatic N) is 2. The number of hydrogen-bond donors (Lipinski definition) is 0. The highest BCUT2D eigenvalue weighted by atomic mass is 35.5. The Balaban J connectivity index is 1.71. The van der Waals surface area contributed by atoms with E-state index in [0.29, 0.717) is 6.61 Å². The predicted molar refractivity (Wildman–Crippen MR) is 98.6 cm³/mol. The second kappa shape index (κ2) is 8.57. The van der Waals surface area contributed by atoms with Gasteiger partial charge in [0.1, 0.15) is 6.61 Å². The average Bonchev–Trinajstić information content (AvgIpc) is 2.97. The summed E-state index contributed by atoms with van der Waals surface area (Å²) in [7, 11) is 0. The van der Waals surface area contributed by atoms with Crippen LogP contribution in [-0.2, 0) is 19.6 Å². The molecule has 0 unspecified atom stereocenters. The fourth-order valence-corrected chi connectivity index (χ4v) is 3.65. The summed E-state index contributed by atoms with van der Waals surface area (Å²) < 4.78 is 8.17. The zero-order valence-corrected chi connectivity index (χ0v) is 15.3. The number of rotatable bonds is 7. The molecule has 1 saturated carbocycles. The van der Waals surface area contributed by atoms with Crippen LogP contribution in [0.3, 0.4) is 0 Å². The van der Waals surface area contributed by atoms with Crippen LogP contribution in [0, 0.1) is 5.92 Å². The lowest BCUT2D eigenvalue weighted by molar-refractivity contribution is 0.245. The molecule has 4 heteroatoms. The van der Waals surface area contributed by atoms with Gasteiger partial charge < -0.3 is 4.74 Å². The second-order valence-electron chi connectivity index (χ2n) is 6.79. The summed E-state index contributed by atoms with van der Waals surface area (Å²) in [6, 6.07) is 9.95. The maximum absolute atomic E-state index is 6.24. The van der Waals surface area contributed by atoms with E-state index < -0.39 is 0 Å². The number of ether oxygens (including phenoxy) is 1. The summed E-state index contributed by atoms with van der Waals surface area (Å²) in [4.78, 5) is 0. The van der Waals surface area contributed by atoms with Crippen molar-refractivity contribution in [3.05, 3.63) is 46.6 Å². The Morgan fingerprint density at radius 3 is 2.75 bits per heavy atom. The van der Waals surface area contributed by atoms with Crippen LogP contribution >= 0.6 is 11.6 Å². The Bertz CT molecular complexity index is 647. The first kappa shape index (κ1) is 17.3. The summed E-state index contributed by atoms with van der Waals surface area (Å²) in [6.07, 6.45) is 8.81. The van der Waals surface area contributed by atoms with Gasteiger partial charge in [-0.15, -0.1) is 0 Å². The van der Waals surface area contributed by atoms with Gasteiger partial charge in [0.05, 0.1) is 5.69 Å². The van der Waals surface area contributed by atoms with Crippen LogP contribution in [0.25, 0.3) is 0 Å². The molecule has 1 fully saturated rings. The van der Waals surface area contributed by atoms with Gasteiger partial charge in [-0.3, -0.25) is 0 Å². The van der Waals surface area contributed by atoms with Gasteiger partial charge in [-0.05, 0) is 31.2 Å². The monoisotopic (exact) mass is 346 g/mol. The summed E-state index contributed by atoms with van der Waals surface area (Å²) in [6.45, 7) is 3.65. The Kier molecular flexibility index (Phi) is 6.19. The normalized spacial score (nSPS) is 15.6. The van der Waals surface area contributed by atoms with Gasteiger partial charge in [-0.1, -0.05) is 62.4 Å². The Morgan fingerprint density at radius 2 is 2.00 bits per heavy atom. The van der Waals surface area contributed by atoms with Crippen molar-refractivity contribution in [2.24, 2.45) is 5.92 Å². The molecule has 0 amide bonds. The standard InChI is InChI=1S/C20H27ClN2O/c1-2-8-18-13-20(24-15-17-11-6-7-12-19(17)21)23(22-18)14-16-9-4-3-5-10-16/h6-7,11-13,16H,2-5,8-10,14-15H2,1H3. The molecule has 24 heavy (non-hydrogen) atoms. The molecule has 0 spiro atoms. The molecule has 0 N–H and O–H groups in total. The van der Waals surface area contributed by atoms with Crippen molar-refractivity contribution in [3.8, 4) is 5.88 Å². The zero-order valence-electron chi connectivity index (χ0n) is 14.5. The molecule has 3 rings (SSSR count). The minimum Gasteiger partial charge on any atom is -0.473 e. The van der Waals surface area contributed by atoms with Crippen molar-refractivity contribution < 1.29 is 4.74 Å². The molecule has 0 bridgehead atoms. The van der Waals surface area contributed by atoms with Crippen molar-refractivity contribution in [3.63, 3.8) is 0 Å². The Morgan fingerprint density at radius 1 is 1.21 bits per heavy atom. The molecule has 1 aliphatic rings. The molecular formula is C20H27ClN2O. The van der Waals surface area contributed by atoms with E-state index in [1.807, 2.05) is 24.3 Å². The Labute approximate surface area is 150 Å². The van der Waals surface area contributed by atoms with Crippen molar-refractivity contribution >= 4 is 11.6 Å². The fourth-order valence-electron chi connectivity index (χ4n) is 3.46. The SMILES string of the molecule is CCCc1cc(OCc2ccccc2Cl)n(CC2CCCCC2)n1. The molecule has 0 saturated heterocycles. The molecule has 1 aromatic heterocycles. The summed E-state index contributed by atoms with van der Waals surface area (Å²) in [5.41, 5.74) is 2.14. The molecule has 130 valence electrons. The first-order valence-corrected chi connectivity index (χ1v) is 9.57. The van der Waals surface area contributed by atoms with E-state index in [9.17, 15) is 0 Å². The third-order valence-corrected chi connectivity index (χ3v) is 5.16. The van der Waals surface area contributed by atoms with Crippen LogP contribution in [0.2, 0.25) is 5.02 Å². The van der Waals surface area contributed by atoms with Gasteiger partial charge >= 0.3 is 0 Å². The van der Waals surface area contributed by atoms with E-state index in [2.05, 4.69) is 17.7 Å². The van der Waals surface area contributed by atoms with Crippen LogP contribution in [0.4, 0.5) is 0 Å². The highest BCUT2D eigenvalue weighted by molar-refractivity contribution is 6.31. The molecule has 0 aliphatic heterocycles. The van der Waals surface area contributed by atoms with E-state index in [1.54, 1.807) is 0 Å². The molecule has 3 nitrogen and oxygen atoms in total. The van der Waals surface area contributed by atoms with E-state index in [-0.39, 0.29) is 0 Å². The summed E-state index contributed by atoms with van der Waals surface area (Å²) >= 11 is 6.24. The smallest absolute Gasteiger partial charge is 0.212 e. The van der Waals surface area contributed by atoms with Crippen molar-refractivity contribution in [1.29, 1.82) is 0 Å². The average molecular weight is 347 g/mol. The van der Waals surface area contributed by atoms with E-state index in [1.165, 1.54) is 32.1 Å². The van der Waals surface area contributed by atoms with Gasteiger partial charge in [0.15, 0.2) is 0 Å². The maximum atomic E-state index is 6.24. The third-order valence-electron chi connectivity index (χ3n) is 4.79. The van der Waals surface area contributed by atoms with E-state index in [4.69, 9.17) is 21.4 Å². The molecule has 0 atom stereocenters. The summed E-state index contributed by atoms with van der Waals surface area (Å²) in [5.74, 6) is 1.61. The zero-order chi connectivity index (χ0) is 16.8. The lowest BCUT2D eigenvalue weighted by Gasteiger charge is -2.22. The largest absolute Gasteiger partial charge is 0.473 e. The van der Waals surface area contributed by atoms with Crippen molar-refractivity contribution in [2.45, 2.75) is 65.0 Å². The lowest BCUT2D eigenvalue weighted by Crippen LogP contribution is -2.16.